The number of unbranched alkanes of at least 4 members (excludes halogenated alkanes) is 3. The van der Waals surface area contributed by atoms with Crippen LogP contribution in [-0.2, 0) is 5.41 Å². The van der Waals surface area contributed by atoms with E-state index < -0.39 is 12.0 Å². The maximum absolute atomic E-state index is 10.9. The number of phenols is 2. The molecule has 3 heteroatoms. The molecule has 0 spiro atoms. The van der Waals surface area contributed by atoms with E-state index in [1.807, 2.05) is 6.92 Å². The molecule has 0 aliphatic heterocycles. The second-order valence-corrected chi connectivity index (χ2v) is 9.24. The first kappa shape index (κ1) is 22.5. The van der Waals surface area contributed by atoms with Crippen LogP contribution in [0.1, 0.15) is 89.7 Å². The van der Waals surface area contributed by atoms with Gasteiger partial charge in [-0.15, -0.1) is 0 Å². The SMILES string of the molecule is C=C1CC[C@@H](C(=C)C)[C@H](c2c(O)cc(C(C)(C)CCCCCC)cc2O)C1O. The molecular weight excluding hydrogens is 348 g/mol. The Morgan fingerprint density at radius 2 is 1.75 bits per heavy atom. The van der Waals surface area contributed by atoms with Gasteiger partial charge in [0.2, 0.25) is 0 Å². The summed E-state index contributed by atoms with van der Waals surface area (Å²) in [7, 11) is 0. The molecule has 0 aromatic heterocycles. The molecule has 0 bridgehead atoms. The highest BCUT2D eigenvalue weighted by Gasteiger charge is 2.39. The lowest BCUT2D eigenvalue weighted by Crippen LogP contribution is -2.33. The zero-order valence-corrected chi connectivity index (χ0v) is 18.1. The quantitative estimate of drug-likeness (QED) is 0.361. The molecule has 1 saturated carbocycles. The number of hydrogen-bond acceptors (Lipinski definition) is 3. The fraction of sp³-hybridized carbons (Fsp3) is 0.600. The van der Waals surface area contributed by atoms with Gasteiger partial charge in [-0.25, -0.2) is 0 Å². The van der Waals surface area contributed by atoms with E-state index in [0.717, 1.165) is 42.4 Å². The third-order valence-corrected chi connectivity index (χ3v) is 6.51. The van der Waals surface area contributed by atoms with Crippen LogP contribution in [0, 0.1) is 5.92 Å². The first-order valence-corrected chi connectivity index (χ1v) is 10.7. The van der Waals surface area contributed by atoms with E-state index in [0.29, 0.717) is 5.56 Å². The number of phenolic OH excluding ortho intramolecular Hbond substituents is 2. The monoisotopic (exact) mass is 386 g/mol. The summed E-state index contributed by atoms with van der Waals surface area (Å²) in [5.74, 6) is -0.297. The molecule has 28 heavy (non-hydrogen) atoms. The summed E-state index contributed by atoms with van der Waals surface area (Å²) in [6.45, 7) is 16.5. The average molecular weight is 387 g/mol. The Kier molecular flexibility index (Phi) is 7.39. The predicted molar refractivity (Wildman–Crippen MR) is 117 cm³/mol. The Bertz CT molecular complexity index is 693. The molecule has 0 amide bonds. The Balaban J connectivity index is 2.37. The third-order valence-electron chi connectivity index (χ3n) is 6.51. The average Bonchev–Trinajstić information content (AvgIpc) is 2.61. The van der Waals surface area contributed by atoms with Gasteiger partial charge in [0.25, 0.3) is 0 Å². The van der Waals surface area contributed by atoms with Crippen LogP contribution in [-0.4, -0.2) is 21.4 Å². The fourth-order valence-electron chi connectivity index (χ4n) is 4.55. The third kappa shape index (κ3) is 4.81. The number of aliphatic hydroxyl groups excluding tert-OH is 1. The van der Waals surface area contributed by atoms with Gasteiger partial charge in [0.15, 0.2) is 0 Å². The van der Waals surface area contributed by atoms with Crippen molar-refractivity contribution in [2.45, 2.75) is 90.1 Å². The van der Waals surface area contributed by atoms with Crippen molar-refractivity contribution in [3.05, 3.63) is 47.6 Å². The van der Waals surface area contributed by atoms with Crippen LogP contribution in [0.4, 0.5) is 0 Å². The molecule has 2 rings (SSSR count). The van der Waals surface area contributed by atoms with E-state index in [1.165, 1.54) is 19.3 Å². The zero-order chi connectivity index (χ0) is 21.1. The van der Waals surface area contributed by atoms with E-state index in [9.17, 15) is 15.3 Å². The van der Waals surface area contributed by atoms with Crippen LogP contribution in [0.3, 0.4) is 0 Å². The van der Waals surface area contributed by atoms with Crippen molar-refractivity contribution in [3.63, 3.8) is 0 Å². The van der Waals surface area contributed by atoms with Crippen LogP contribution in [0.15, 0.2) is 36.4 Å². The van der Waals surface area contributed by atoms with Gasteiger partial charge in [-0.05, 0) is 60.8 Å². The first-order chi connectivity index (χ1) is 13.1. The van der Waals surface area contributed by atoms with Crippen molar-refractivity contribution in [2.75, 3.05) is 0 Å². The van der Waals surface area contributed by atoms with Gasteiger partial charge in [-0.1, -0.05) is 65.2 Å². The lowest BCUT2D eigenvalue weighted by molar-refractivity contribution is 0.126. The molecule has 3 N–H and O–H groups in total. The predicted octanol–water partition coefficient (Wildman–Crippen LogP) is 6.33. The summed E-state index contributed by atoms with van der Waals surface area (Å²) < 4.78 is 0. The molecule has 0 heterocycles. The largest absolute Gasteiger partial charge is 0.508 e. The van der Waals surface area contributed by atoms with Gasteiger partial charge >= 0.3 is 0 Å². The summed E-state index contributed by atoms with van der Waals surface area (Å²) in [4.78, 5) is 0. The highest BCUT2D eigenvalue weighted by molar-refractivity contribution is 5.52. The van der Waals surface area contributed by atoms with E-state index in [-0.39, 0.29) is 22.8 Å². The minimum atomic E-state index is -0.792. The second kappa shape index (κ2) is 9.17. The van der Waals surface area contributed by atoms with Gasteiger partial charge in [0, 0.05) is 11.5 Å². The van der Waals surface area contributed by atoms with Gasteiger partial charge in [0.05, 0.1) is 6.10 Å². The van der Waals surface area contributed by atoms with Gasteiger partial charge < -0.3 is 15.3 Å². The Morgan fingerprint density at radius 1 is 1.14 bits per heavy atom. The molecule has 156 valence electrons. The van der Waals surface area contributed by atoms with Crippen molar-refractivity contribution in [1.82, 2.24) is 0 Å². The summed E-state index contributed by atoms with van der Waals surface area (Å²) in [5, 5.41) is 32.5. The lowest BCUT2D eigenvalue weighted by atomic mass is 9.68. The van der Waals surface area contributed by atoms with E-state index in [4.69, 9.17) is 0 Å². The van der Waals surface area contributed by atoms with Crippen LogP contribution in [0.5, 0.6) is 11.5 Å². The van der Waals surface area contributed by atoms with Crippen LogP contribution in [0.2, 0.25) is 0 Å². The number of hydrogen-bond donors (Lipinski definition) is 3. The van der Waals surface area contributed by atoms with Crippen molar-refractivity contribution in [3.8, 4) is 11.5 Å². The molecule has 1 fully saturated rings. The lowest BCUT2D eigenvalue weighted by Gasteiger charge is -2.38. The minimum absolute atomic E-state index is 0.00482. The van der Waals surface area contributed by atoms with E-state index in [2.05, 4.69) is 33.9 Å². The molecule has 0 radical (unpaired) electrons. The second-order valence-electron chi connectivity index (χ2n) is 9.24. The topological polar surface area (TPSA) is 60.7 Å². The van der Waals surface area contributed by atoms with Crippen LogP contribution >= 0.6 is 0 Å². The molecule has 1 aromatic carbocycles. The maximum Gasteiger partial charge on any atom is 0.123 e. The number of benzene rings is 1. The molecule has 1 aromatic rings. The fourth-order valence-corrected chi connectivity index (χ4v) is 4.55. The van der Waals surface area contributed by atoms with Gasteiger partial charge in [-0.2, -0.15) is 0 Å². The number of allylic oxidation sites excluding steroid dienone is 1. The van der Waals surface area contributed by atoms with Gasteiger partial charge in [-0.3, -0.25) is 0 Å². The molecule has 3 nitrogen and oxygen atoms in total. The number of aromatic hydroxyl groups is 2. The Morgan fingerprint density at radius 3 is 2.29 bits per heavy atom. The summed E-state index contributed by atoms with van der Waals surface area (Å²) in [5.41, 5.74) is 2.92. The standard InChI is InChI=1S/C25H38O3/c1-7-8-9-10-13-25(5,6)18-14-20(26)23(21(27)15-18)22-19(16(2)3)12-11-17(4)24(22)28/h14-15,19,22,24,26-28H,2,4,7-13H2,1,3,5-6H3/t19-,22+,24?/m0/s1. The first-order valence-electron chi connectivity index (χ1n) is 10.7. The van der Waals surface area contributed by atoms with E-state index in [1.54, 1.807) is 12.1 Å². The normalized spacial score (nSPS) is 23.0. The van der Waals surface area contributed by atoms with Crippen molar-refractivity contribution in [2.24, 2.45) is 5.92 Å². The maximum atomic E-state index is 10.9. The van der Waals surface area contributed by atoms with Crippen molar-refractivity contribution >= 4 is 0 Å². The summed E-state index contributed by atoms with van der Waals surface area (Å²) >= 11 is 0. The molecular formula is C25H38O3. The molecule has 3 atom stereocenters. The highest BCUT2D eigenvalue weighted by atomic mass is 16.3. The molecule has 1 aliphatic rings. The van der Waals surface area contributed by atoms with E-state index >= 15 is 0 Å². The molecule has 1 unspecified atom stereocenters. The van der Waals surface area contributed by atoms with Crippen molar-refractivity contribution < 1.29 is 15.3 Å². The molecule has 0 saturated heterocycles. The minimum Gasteiger partial charge on any atom is -0.508 e. The van der Waals surface area contributed by atoms with Crippen molar-refractivity contribution in [1.29, 1.82) is 0 Å². The van der Waals surface area contributed by atoms with Gasteiger partial charge in [0.1, 0.15) is 11.5 Å². The van der Waals surface area contributed by atoms with Crippen LogP contribution in [0.25, 0.3) is 0 Å². The Hall–Kier alpha value is -1.74. The Labute approximate surface area is 170 Å². The number of rotatable bonds is 8. The summed E-state index contributed by atoms with van der Waals surface area (Å²) in [6, 6.07) is 3.54. The zero-order valence-electron chi connectivity index (χ0n) is 18.1. The molecule has 1 aliphatic carbocycles. The highest BCUT2D eigenvalue weighted by Crippen LogP contribution is 2.49. The number of aliphatic hydroxyl groups is 1. The summed E-state index contributed by atoms with van der Waals surface area (Å²) in [6.07, 6.45) is 6.53. The smallest absolute Gasteiger partial charge is 0.123 e. The van der Waals surface area contributed by atoms with Crippen LogP contribution < -0.4 is 0 Å².